The van der Waals surface area contributed by atoms with E-state index in [1.165, 1.54) is 24.3 Å². The topological polar surface area (TPSA) is 47.4 Å². The molecule has 1 amide bonds. The van der Waals surface area contributed by atoms with Crippen LogP contribution in [0.1, 0.15) is 11.9 Å². The summed E-state index contributed by atoms with van der Waals surface area (Å²) in [5.74, 6) is 1.06. The largest absolute Gasteiger partial charge is 0.484 e. The number of carbonyl (C=O) groups excluding carboxylic acids is 1. The van der Waals surface area contributed by atoms with Gasteiger partial charge in [-0.25, -0.2) is 9.37 Å². The van der Waals surface area contributed by atoms with Crippen molar-refractivity contribution in [1.82, 2.24) is 14.5 Å². The normalized spacial score (nSPS) is 14.9. The lowest BCUT2D eigenvalue weighted by Gasteiger charge is -2.40. The molecule has 1 fully saturated rings. The fraction of sp³-hybridized carbons (Fsp3) is 0.333. The van der Waals surface area contributed by atoms with Crippen LogP contribution in [0.5, 0.6) is 5.75 Å². The van der Waals surface area contributed by atoms with Gasteiger partial charge in [-0.15, -0.1) is 0 Å². The van der Waals surface area contributed by atoms with Crippen molar-refractivity contribution in [1.29, 1.82) is 0 Å². The van der Waals surface area contributed by atoms with E-state index in [0.29, 0.717) is 24.9 Å². The number of halogens is 1. The number of amides is 1. The fourth-order valence-corrected chi connectivity index (χ4v) is 2.38. The molecular formula is C15H16FN3O2. The minimum atomic E-state index is -0.324. The quantitative estimate of drug-likeness (QED) is 0.862. The van der Waals surface area contributed by atoms with Crippen LogP contribution < -0.4 is 4.74 Å². The molecule has 110 valence electrons. The van der Waals surface area contributed by atoms with Gasteiger partial charge in [0, 0.05) is 25.5 Å². The number of ether oxygens (including phenoxy) is 1. The Bertz CT molecular complexity index is 633. The van der Waals surface area contributed by atoms with Crippen LogP contribution in [0.25, 0.3) is 0 Å². The van der Waals surface area contributed by atoms with Crippen LogP contribution in [0.4, 0.5) is 4.39 Å². The molecule has 1 aromatic heterocycles. The van der Waals surface area contributed by atoms with Crippen LogP contribution in [0.2, 0.25) is 0 Å². The van der Waals surface area contributed by atoms with E-state index >= 15 is 0 Å². The number of benzene rings is 1. The molecule has 2 aromatic rings. The maximum absolute atomic E-state index is 12.7. The number of nitrogens with zero attached hydrogens (tertiary/aromatic N) is 3. The molecule has 0 unspecified atom stereocenters. The molecule has 21 heavy (non-hydrogen) atoms. The van der Waals surface area contributed by atoms with Crippen molar-refractivity contribution >= 4 is 5.91 Å². The summed E-state index contributed by atoms with van der Waals surface area (Å²) in [7, 11) is 0. The molecule has 6 heteroatoms. The molecule has 0 radical (unpaired) electrons. The molecule has 0 atom stereocenters. The number of likely N-dealkylation sites (tertiary alicyclic amines) is 1. The molecule has 1 saturated heterocycles. The lowest BCUT2D eigenvalue weighted by molar-refractivity contribution is -0.139. The van der Waals surface area contributed by atoms with E-state index < -0.39 is 0 Å². The predicted octanol–water partition coefficient (Wildman–Crippen LogP) is 1.79. The summed E-state index contributed by atoms with van der Waals surface area (Å²) in [6, 6.07) is 5.93. The number of hydrogen-bond acceptors (Lipinski definition) is 3. The first kappa shape index (κ1) is 13.6. The zero-order valence-corrected chi connectivity index (χ0v) is 11.7. The van der Waals surface area contributed by atoms with E-state index in [1.54, 1.807) is 11.1 Å². The highest BCUT2D eigenvalue weighted by atomic mass is 19.1. The van der Waals surface area contributed by atoms with Gasteiger partial charge in [-0.3, -0.25) is 4.79 Å². The smallest absolute Gasteiger partial charge is 0.260 e. The van der Waals surface area contributed by atoms with Gasteiger partial charge in [0.2, 0.25) is 0 Å². The lowest BCUT2D eigenvalue weighted by Crippen LogP contribution is -2.52. The number of hydrogen-bond donors (Lipinski definition) is 0. The Labute approximate surface area is 122 Å². The first-order valence-electron chi connectivity index (χ1n) is 6.79. The summed E-state index contributed by atoms with van der Waals surface area (Å²) in [6.45, 7) is 3.26. The molecular weight excluding hydrogens is 273 g/mol. The first-order chi connectivity index (χ1) is 10.1. The second-order valence-electron chi connectivity index (χ2n) is 5.08. The van der Waals surface area contributed by atoms with Gasteiger partial charge in [0.05, 0.1) is 6.04 Å². The highest BCUT2D eigenvalue weighted by Gasteiger charge is 2.32. The van der Waals surface area contributed by atoms with Crippen molar-refractivity contribution in [3.63, 3.8) is 0 Å². The molecule has 3 rings (SSSR count). The highest BCUT2D eigenvalue weighted by molar-refractivity contribution is 5.78. The van der Waals surface area contributed by atoms with Gasteiger partial charge in [-0.05, 0) is 31.2 Å². The third-order valence-electron chi connectivity index (χ3n) is 3.65. The van der Waals surface area contributed by atoms with Gasteiger partial charge in [0.25, 0.3) is 5.91 Å². The Balaban J connectivity index is 1.47. The molecule has 0 spiro atoms. The van der Waals surface area contributed by atoms with Gasteiger partial charge >= 0.3 is 0 Å². The van der Waals surface area contributed by atoms with Crippen molar-refractivity contribution in [3.8, 4) is 5.75 Å². The van der Waals surface area contributed by atoms with Crippen molar-refractivity contribution in [2.75, 3.05) is 19.7 Å². The number of rotatable bonds is 4. The monoisotopic (exact) mass is 289 g/mol. The highest BCUT2D eigenvalue weighted by Crippen LogP contribution is 2.22. The summed E-state index contributed by atoms with van der Waals surface area (Å²) in [5.41, 5.74) is 0. The lowest BCUT2D eigenvalue weighted by atomic mass is 10.1. The molecule has 0 bridgehead atoms. The second-order valence-corrected chi connectivity index (χ2v) is 5.08. The second kappa shape index (κ2) is 5.55. The molecule has 1 aliphatic heterocycles. The maximum Gasteiger partial charge on any atom is 0.260 e. The van der Waals surface area contributed by atoms with Crippen LogP contribution >= 0.6 is 0 Å². The summed E-state index contributed by atoms with van der Waals surface area (Å²) in [5, 5.41) is 0. The third-order valence-corrected chi connectivity index (χ3v) is 3.65. The predicted molar refractivity (Wildman–Crippen MR) is 74.5 cm³/mol. The van der Waals surface area contributed by atoms with E-state index in [-0.39, 0.29) is 18.3 Å². The average molecular weight is 289 g/mol. The Morgan fingerprint density at radius 1 is 1.38 bits per heavy atom. The zero-order valence-electron chi connectivity index (χ0n) is 11.7. The molecule has 2 heterocycles. The summed E-state index contributed by atoms with van der Waals surface area (Å²) < 4.78 is 20.2. The number of aromatic nitrogens is 2. The number of carbonyl (C=O) groups is 1. The summed E-state index contributed by atoms with van der Waals surface area (Å²) >= 11 is 0. The Morgan fingerprint density at radius 2 is 2.10 bits per heavy atom. The number of aryl methyl sites for hydroxylation is 1. The Hall–Kier alpha value is -2.37. The van der Waals surface area contributed by atoms with Gasteiger partial charge in [-0.2, -0.15) is 0 Å². The van der Waals surface area contributed by atoms with Crippen molar-refractivity contribution < 1.29 is 13.9 Å². The molecule has 0 aliphatic carbocycles. The number of imidazole rings is 1. The van der Waals surface area contributed by atoms with E-state index in [2.05, 4.69) is 9.55 Å². The van der Waals surface area contributed by atoms with E-state index in [0.717, 1.165) is 5.82 Å². The third kappa shape index (κ3) is 2.89. The van der Waals surface area contributed by atoms with Gasteiger partial charge in [-0.1, -0.05) is 0 Å². The zero-order chi connectivity index (χ0) is 14.8. The Morgan fingerprint density at radius 3 is 2.71 bits per heavy atom. The van der Waals surface area contributed by atoms with Crippen molar-refractivity contribution in [3.05, 3.63) is 48.3 Å². The van der Waals surface area contributed by atoms with E-state index in [9.17, 15) is 9.18 Å². The standard InChI is InChI=1S/C15H16FN3O2/c1-11-17-6-7-19(11)13-8-18(9-13)15(20)10-21-14-4-2-12(16)3-5-14/h2-7,13H,8-10H2,1H3. The van der Waals surface area contributed by atoms with E-state index in [1.807, 2.05) is 13.1 Å². The SMILES string of the molecule is Cc1nccn1C1CN(C(=O)COc2ccc(F)cc2)C1. The van der Waals surface area contributed by atoms with E-state index in [4.69, 9.17) is 4.74 Å². The summed E-state index contributed by atoms with van der Waals surface area (Å²) in [6.07, 6.45) is 3.69. The van der Waals surface area contributed by atoms with Crippen LogP contribution in [0.3, 0.4) is 0 Å². The first-order valence-corrected chi connectivity index (χ1v) is 6.79. The van der Waals surface area contributed by atoms with Crippen molar-refractivity contribution in [2.45, 2.75) is 13.0 Å². The minimum Gasteiger partial charge on any atom is -0.484 e. The van der Waals surface area contributed by atoms with Crippen LogP contribution in [-0.4, -0.2) is 40.1 Å². The minimum absolute atomic E-state index is 0.0265. The van der Waals surface area contributed by atoms with Gasteiger partial charge in [0.1, 0.15) is 17.4 Å². The van der Waals surface area contributed by atoms with Crippen LogP contribution in [0, 0.1) is 12.7 Å². The average Bonchev–Trinajstić information content (AvgIpc) is 2.83. The van der Waals surface area contributed by atoms with Gasteiger partial charge in [0.15, 0.2) is 6.61 Å². The van der Waals surface area contributed by atoms with Crippen LogP contribution in [0.15, 0.2) is 36.7 Å². The Kier molecular flexibility index (Phi) is 3.60. The van der Waals surface area contributed by atoms with Crippen LogP contribution in [-0.2, 0) is 4.79 Å². The molecule has 1 aliphatic rings. The van der Waals surface area contributed by atoms with Crippen molar-refractivity contribution in [2.24, 2.45) is 0 Å². The molecule has 0 saturated carbocycles. The maximum atomic E-state index is 12.7. The fourth-order valence-electron chi connectivity index (χ4n) is 2.38. The van der Waals surface area contributed by atoms with Gasteiger partial charge < -0.3 is 14.2 Å². The molecule has 0 N–H and O–H groups in total. The molecule has 1 aromatic carbocycles. The summed E-state index contributed by atoms with van der Waals surface area (Å²) in [4.78, 5) is 17.9. The molecule has 5 nitrogen and oxygen atoms in total.